The number of benzene rings is 2. The van der Waals surface area contributed by atoms with Crippen molar-refractivity contribution in [3.63, 3.8) is 0 Å². The number of carbonyl (C=O) groups excluding carboxylic acids is 1. The third-order valence-corrected chi connectivity index (χ3v) is 3.99. The topological polar surface area (TPSA) is 165 Å². The molecule has 0 aliphatic carbocycles. The van der Waals surface area contributed by atoms with E-state index in [1.54, 1.807) is 12.1 Å². The van der Waals surface area contributed by atoms with Gasteiger partial charge in [-0.15, -0.1) is 0 Å². The Kier molecular flexibility index (Phi) is 6.58. The van der Waals surface area contributed by atoms with E-state index in [1.807, 2.05) is 0 Å². The summed E-state index contributed by atoms with van der Waals surface area (Å²) >= 11 is 0. The van der Waals surface area contributed by atoms with Crippen molar-refractivity contribution in [2.45, 2.75) is 24.9 Å². The number of carboxylic acids is 1. The van der Waals surface area contributed by atoms with Crippen LogP contribution in [0.2, 0.25) is 0 Å². The van der Waals surface area contributed by atoms with Crippen molar-refractivity contribution in [1.82, 2.24) is 10.7 Å². The summed E-state index contributed by atoms with van der Waals surface area (Å²) in [5, 5.41) is 39.9. The molecule has 2 unspecified atom stereocenters. The molecule has 0 aliphatic heterocycles. The molecule has 0 fully saturated rings. The third kappa shape index (κ3) is 5.59. The molecule has 144 valence electrons. The zero-order valence-corrected chi connectivity index (χ0v) is 14.3. The summed E-state index contributed by atoms with van der Waals surface area (Å²) in [6, 6.07) is 7.93. The van der Waals surface area contributed by atoms with E-state index >= 15 is 0 Å². The summed E-state index contributed by atoms with van der Waals surface area (Å²) in [4.78, 5) is 23.9. The van der Waals surface area contributed by atoms with Gasteiger partial charge in [-0.2, -0.15) is 0 Å². The van der Waals surface area contributed by atoms with Gasteiger partial charge in [-0.05, 0) is 41.8 Å². The molecule has 9 nitrogen and oxygen atoms in total. The first-order chi connectivity index (χ1) is 12.8. The van der Waals surface area contributed by atoms with Gasteiger partial charge in [0.1, 0.15) is 17.8 Å². The third-order valence-electron chi connectivity index (χ3n) is 3.99. The minimum atomic E-state index is -1.21. The highest BCUT2D eigenvalue weighted by molar-refractivity contribution is 5.87. The largest absolute Gasteiger partial charge is 0.508 e. The van der Waals surface area contributed by atoms with Crippen LogP contribution < -0.4 is 16.6 Å². The van der Waals surface area contributed by atoms with Crippen LogP contribution in [0, 0.1) is 0 Å². The van der Waals surface area contributed by atoms with Gasteiger partial charge in [0.15, 0.2) is 11.5 Å². The Labute approximate surface area is 155 Å². The van der Waals surface area contributed by atoms with Crippen LogP contribution in [0.4, 0.5) is 0 Å². The fourth-order valence-electron chi connectivity index (χ4n) is 2.50. The highest BCUT2D eigenvalue weighted by atomic mass is 16.4. The fourth-order valence-corrected chi connectivity index (χ4v) is 2.50. The summed E-state index contributed by atoms with van der Waals surface area (Å²) < 4.78 is 0. The molecule has 2 aromatic rings. The van der Waals surface area contributed by atoms with Crippen LogP contribution in [-0.2, 0) is 22.4 Å². The number of carboxylic acid groups (broad SMARTS) is 1. The molecular weight excluding hydrogens is 354 g/mol. The maximum Gasteiger partial charge on any atom is 0.326 e. The number of carbonyl (C=O) groups is 2. The SMILES string of the molecule is NNC(Cc1ccc(O)c(O)c1)C(=O)NC(Cc1ccc(O)cc1)C(=O)O. The number of hydrogen-bond donors (Lipinski definition) is 7. The molecule has 0 saturated heterocycles. The summed E-state index contributed by atoms with van der Waals surface area (Å²) in [6.45, 7) is 0. The lowest BCUT2D eigenvalue weighted by Gasteiger charge is -2.20. The monoisotopic (exact) mass is 375 g/mol. The van der Waals surface area contributed by atoms with E-state index in [2.05, 4.69) is 10.7 Å². The number of rotatable bonds is 8. The van der Waals surface area contributed by atoms with E-state index in [0.717, 1.165) is 0 Å². The fraction of sp³-hybridized carbons (Fsp3) is 0.222. The van der Waals surface area contributed by atoms with Crippen LogP contribution in [0.5, 0.6) is 17.2 Å². The maximum absolute atomic E-state index is 12.4. The highest BCUT2D eigenvalue weighted by Crippen LogP contribution is 2.25. The standard InChI is InChI=1S/C18H21N3O6/c19-21-13(8-11-3-6-15(23)16(24)9-11)17(25)20-14(18(26)27)7-10-1-4-12(22)5-2-10/h1-6,9,13-14,21-24H,7-8,19H2,(H,20,25)(H,26,27). The van der Waals surface area contributed by atoms with Crippen molar-refractivity contribution in [2.75, 3.05) is 0 Å². The molecule has 0 spiro atoms. The first-order valence-electron chi connectivity index (χ1n) is 8.08. The Balaban J connectivity index is 2.06. The number of nitrogens with two attached hydrogens (primary N) is 1. The van der Waals surface area contributed by atoms with Gasteiger partial charge in [0.2, 0.25) is 5.91 Å². The lowest BCUT2D eigenvalue weighted by Crippen LogP contribution is -2.53. The van der Waals surface area contributed by atoms with E-state index in [1.165, 1.54) is 30.3 Å². The van der Waals surface area contributed by atoms with Gasteiger partial charge in [-0.3, -0.25) is 10.6 Å². The molecule has 1 amide bonds. The molecule has 0 aliphatic rings. The number of nitrogens with one attached hydrogen (secondary N) is 2. The quantitative estimate of drug-likeness (QED) is 0.192. The van der Waals surface area contributed by atoms with Crippen LogP contribution in [0.3, 0.4) is 0 Å². The van der Waals surface area contributed by atoms with Gasteiger partial charge in [0, 0.05) is 6.42 Å². The van der Waals surface area contributed by atoms with E-state index in [4.69, 9.17) is 5.84 Å². The van der Waals surface area contributed by atoms with E-state index in [0.29, 0.717) is 11.1 Å². The first kappa shape index (κ1) is 20.0. The van der Waals surface area contributed by atoms with E-state index in [9.17, 15) is 30.0 Å². The Morgan fingerprint density at radius 1 is 0.889 bits per heavy atom. The van der Waals surface area contributed by atoms with Gasteiger partial charge < -0.3 is 25.7 Å². The van der Waals surface area contributed by atoms with E-state index in [-0.39, 0.29) is 30.1 Å². The summed E-state index contributed by atoms with van der Waals surface area (Å²) in [6.07, 6.45) is 0.0976. The predicted octanol–water partition coefficient (Wildman–Crippen LogP) is -0.0101. The zero-order chi connectivity index (χ0) is 20.0. The van der Waals surface area contributed by atoms with Crippen molar-refractivity contribution in [2.24, 2.45) is 5.84 Å². The van der Waals surface area contributed by atoms with Crippen LogP contribution in [0.25, 0.3) is 0 Å². The average Bonchev–Trinajstić information content (AvgIpc) is 2.63. The van der Waals surface area contributed by atoms with Crippen molar-refractivity contribution >= 4 is 11.9 Å². The summed E-state index contributed by atoms with van der Waals surface area (Å²) in [7, 11) is 0. The number of aromatic hydroxyl groups is 3. The maximum atomic E-state index is 12.4. The number of phenolic OH excluding ortho intramolecular Hbond substituents is 3. The van der Waals surface area contributed by atoms with Gasteiger partial charge in [0.25, 0.3) is 0 Å². The molecule has 27 heavy (non-hydrogen) atoms. The number of hydrogen-bond acceptors (Lipinski definition) is 7. The average molecular weight is 375 g/mol. The number of amides is 1. The number of aliphatic carboxylic acids is 1. The lowest BCUT2D eigenvalue weighted by molar-refractivity contribution is -0.142. The van der Waals surface area contributed by atoms with Crippen LogP contribution in [0.1, 0.15) is 11.1 Å². The second-order valence-corrected chi connectivity index (χ2v) is 6.02. The Bertz CT molecular complexity index is 809. The summed E-state index contributed by atoms with van der Waals surface area (Å²) in [5.74, 6) is 3.00. The molecule has 2 atom stereocenters. The molecule has 0 heterocycles. The summed E-state index contributed by atoms with van der Waals surface area (Å²) in [5.41, 5.74) is 3.47. The van der Waals surface area contributed by atoms with Crippen molar-refractivity contribution in [3.05, 3.63) is 53.6 Å². The lowest BCUT2D eigenvalue weighted by atomic mass is 10.0. The van der Waals surface area contributed by atoms with Gasteiger partial charge in [-0.25, -0.2) is 10.2 Å². The second kappa shape index (κ2) is 8.88. The molecule has 0 radical (unpaired) electrons. The minimum absolute atomic E-state index is 0.0264. The Morgan fingerprint density at radius 2 is 1.48 bits per heavy atom. The molecule has 0 bridgehead atoms. The van der Waals surface area contributed by atoms with Crippen LogP contribution in [-0.4, -0.2) is 44.4 Å². The number of hydrazine groups is 1. The first-order valence-corrected chi connectivity index (χ1v) is 8.08. The highest BCUT2D eigenvalue weighted by Gasteiger charge is 2.25. The number of phenols is 3. The van der Waals surface area contributed by atoms with E-state index < -0.39 is 24.0 Å². The van der Waals surface area contributed by atoms with Gasteiger partial charge in [0.05, 0.1) is 0 Å². The molecule has 0 saturated carbocycles. The second-order valence-electron chi connectivity index (χ2n) is 6.02. The molecule has 2 aromatic carbocycles. The van der Waals surface area contributed by atoms with Crippen LogP contribution in [0.15, 0.2) is 42.5 Å². The van der Waals surface area contributed by atoms with Gasteiger partial charge in [-0.1, -0.05) is 18.2 Å². The van der Waals surface area contributed by atoms with Crippen molar-refractivity contribution < 1.29 is 30.0 Å². The van der Waals surface area contributed by atoms with Gasteiger partial charge >= 0.3 is 5.97 Å². The Hall–Kier alpha value is -3.30. The minimum Gasteiger partial charge on any atom is -0.508 e. The molecule has 2 rings (SSSR count). The molecule has 8 N–H and O–H groups in total. The van der Waals surface area contributed by atoms with Crippen molar-refractivity contribution in [1.29, 1.82) is 0 Å². The normalized spacial score (nSPS) is 12.9. The smallest absolute Gasteiger partial charge is 0.326 e. The van der Waals surface area contributed by atoms with Crippen LogP contribution >= 0.6 is 0 Å². The Morgan fingerprint density at radius 3 is 2.04 bits per heavy atom. The molecular formula is C18H21N3O6. The zero-order valence-electron chi connectivity index (χ0n) is 14.3. The molecule has 9 heteroatoms. The molecule has 0 aromatic heterocycles. The van der Waals surface area contributed by atoms with Crippen molar-refractivity contribution in [3.8, 4) is 17.2 Å². The predicted molar refractivity (Wildman–Crippen MR) is 96.0 cm³/mol.